The first-order chi connectivity index (χ1) is 20.9. The highest BCUT2D eigenvalue weighted by Crippen LogP contribution is 2.45. The number of hydrogen-bond acceptors (Lipinski definition) is 10. The lowest BCUT2D eigenvalue weighted by Crippen LogP contribution is -2.37. The molecular weight excluding hydrogens is 554 g/mol. The highest BCUT2D eigenvalue weighted by atomic mass is 16.6. The van der Waals surface area contributed by atoms with Crippen LogP contribution in [-0.4, -0.2) is 81.3 Å². The maximum absolute atomic E-state index is 13.7. The van der Waals surface area contributed by atoms with E-state index in [1.54, 1.807) is 18.5 Å². The number of benzene rings is 2. The normalized spacial score (nSPS) is 17.8. The molecule has 43 heavy (non-hydrogen) atoms. The van der Waals surface area contributed by atoms with Crippen LogP contribution in [-0.2, 0) is 28.5 Å². The molecule has 0 spiro atoms. The van der Waals surface area contributed by atoms with E-state index < -0.39 is 23.8 Å². The molecule has 0 saturated heterocycles. The summed E-state index contributed by atoms with van der Waals surface area (Å²) in [5, 5.41) is 4.98. The predicted octanol–water partition coefficient (Wildman–Crippen LogP) is 4.14. The zero-order chi connectivity index (χ0) is 30.3. The Morgan fingerprint density at radius 2 is 1.60 bits per heavy atom. The fourth-order valence-corrected chi connectivity index (χ4v) is 5.30. The summed E-state index contributed by atoms with van der Waals surface area (Å²) in [5.74, 6) is -1.63. The van der Waals surface area contributed by atoms with Crippen LogP contribution in [0.25, 0.3) is 16.9 Å². The fraction of sp³-hybridized carbons (Fsp3) is 0.375. The smallest absolute Gasteiger partial charge is 0.336 e. The number of carbonyl (C=O) groups excluding carboxylic acids is 2. The first-order valence-electron chi connectivity index (χ1n) is 14.1. The van der Waals surface area contributed by atoms with E-state index in [-0.39, 0.29) is 32.0 Å². The third-order valence-corrected chi connectivity index (χ3v) is 7.27. The van der Waals surface area contributed by atoms with Crippen molar-refractivity contribution < 1.29 is 38.0 Å². The molecule has 2 atom stereocenters. The molecule has 0 amide bonds. The summed E-state index contributed by atoms with van der Waals surface area (Å²) in [6.07, 6.45) is 1.84. The molecule has 0 N–H and O–H groups in total. The lowest BCUT2D eigenvalue weighted by atomic mass is 9.75. The van der Waals surface area contributed by atoms with Gasteiger partial charge in [-0.05, 0) is 44.2 Å². The molecule has 2 aliphatic rings. The van der Waals surface area contributed by atoms with Crippen LogP contribution in [0.15, 0.2) is 71.0 Å². The third kappa shape index (κ3) is 6.47. The van der Waals surface area contributed by atoms with E-state index in [9.17, 15) is 9.59 Å². The largest absolute Gasteiger partial charge is 0.486 e. The zero-order valence-electron chi connectivity index (χ0n) is 24.7. The number of fused-ring (bicyclic) bond motifs is 1. The van der Waals surface area contributed by atoms with Crippen molar-refractivity contribution in [3.05, 3.63) is 71.6 Å². The van der Waals surface area contributed by atoms with E-state index in [2.05, 4.69) is 4.99 Å². The maximum atomic E-state index is 13.7. The van der Waals surface area contributed by atoms with Gasteiger partial charge in [-0.25, -0.2) is 9.48 Å². The van der Waals surface area contributed by atoms with Gasteiger partial charge in [0.2, 0.25) is 0 Å². The molecule has 1 aromatic heterocycles. The van der Waals surface area contributed by atoms with Gasteiger partial charge in [0, 0.05) is 48.9 Å². The van der Waals surface area contributed by atoms with Crippen LogP contribution < -0.4 is 9.47 Å². The second-order valence-electron chi connectivity index (χ2n) is 10.1. The summed E-state index contributed by atoms with van der Waals surface area (Å²) >= 11 is 0. The molecule has 2 aromatic carbocycles. The Morgan fingerprint density at radius 1 is 0.907 bits per heavy atom. The van der Waals surface area contributed by atoms with E-state index in [0.29, 0.717) is 47.4 Å². The van der Waals surface area contributed by atoms with Crippen molar-refractivity contribution >= 4 is 17.7 Å². The maximum Gasteiger partial charge on any atom is 0.336 e. The minimum atomic E-state index is -0.921. The Kier molecular flexibility index (Phi) is 9.53. The fourth-order valence-electron chi connectivity index (χ4n) is 5.30. The topological polar surface area (TPSA) is 120 Å². The summed E-state index contributed by atoms with van der Waals surface area (Å²) < 4.78 is 34.7. The van der Waals surface area contributed by atoms with Gasteiger partial charge >= 0.3 is 11.9 Å². The van der Waals surface area contributed by atoms with Gasteiger partial charge in [0.05, 0.1) is 30.2 Å². The van der Waals surface area contributed by atoms with Crippen molar-refractivity contribution in [2.75, 3.05) is 53.9 Å². The van der Waals surface area contributed by atoms with Crippen molar-refractivity contribution in [1.29, 1.82) is 0 Å². The highest BCUT2D eigenvalue weighted by Gasteiger charge is 2.44. The average Bonchev–Trinajstić information content (AvgIpc) is 3.46. The van der Waals surface area contributed by atoms with Gasteiger partial charge in [-0.2, -0.15) is 5.10 Å². The van der Waals surface area contributed by atoms with Gasteiger partial charge in [-0.3, -0.25) is 9.79 Å². The second-order valence-corrected chi connectivity index (χ2v) is 10.1. The molecule has 0 fully saturated rings. The van der Waals surface area contributed by atoms with Crippen LogP contribution in [0.5, 0.6) is 11.5 Å². The van der Waals surface area contributed by atoms with E-state index in [1.165, 1.54) is 14.2 Å². The summed E-state index contributed by atoms with van der Waals surface area (Å²) in [7, 11) is 3.06. The zero-order valence-corrected chi connectivity index (χ0v) is 24.7. The predicted molar refractivity (Wildman–Crippen MR) is 158 cm³/mol. The average molecular weight is 590 g/mol. The number of rotatable bonds is 11. The Balaban J connectivity index is 1.69. The molecule has 2 unspecified atom stereocenters. The molecule has 5 rings (SSSR count). The number of ether oxygens (including phenoxy) is 6. The SMILES string of the molecule is COCCOC(=O)C1=C(C)N=C(C)C(C(=O)OCCOC)C1c1cn(-c2ccccc2)nc1-c1ccc2c(c1)OCCO2. The van der Waals surface area contributed by atoms with Crippen molar-refractivity contribution in [1.82, 2.24) is 9.78 Å². The van der Waals surface area contributed by atoms with E-state index >= 15 is 0 Å². The molecule has 11 nitrogen and oxygen atoms in total. The Hall–Kier alpha value is -4.48. The van der Waals surface area contributed by atoms with Gasteiger partial charge in [-0.15, -0.1) is 0 Å². The van der Waals surface area contributed by atoms with Crippen LogP contribution in [0.2, 0.25) is 0 Å². The molecule has 226 valence electrons. The van der Waals surface area contributed by atoms with Crippen molar-refractivity contribution in [2.24, 2.45) is 10.9 Å². The van der Waals surface area contributed by atoms with Gasteiger partial charge in [-0.1, -0.05) is 18.2 Å². The standard InChI is InChI=1S/C32H35N3O8/c1-20-27(31(36)42-14-12-38-3)29(28(21(2)33-20)32(37)43-15-13-39-4)24-19-35(23-8-6-5-7-9-23)34-30(24)22-10-11-25-26(18-22)41-17-16-40-25/h5-11,18-19,27,29H,12-17H2,1-4H3. The highest BCUT2D eigenvalue weighted by molar-refractivity contribution is 6.07. The monoisotopic (exact) mass is 589 g/mol. The van der Waals surface area contributed by atoms with E-state index in [4.69, 9.17) is 33.5 Å². The summed E-state index contributed by atoms with van der Waals surface area (Å²) in [6.45, 7) is 4.94. The van der Waals surface area contributed by atoms with Gasteiger partial charge in [0.15, 0.2) is 11.5 Å². The molecule has 3 heterocycles. The molecule has 0 bridgehead atoms. The van der Waals surface area contributed by atoms with Crippen molar-refractivity contribution in [2.45, 2.75) is 19.8 Å². The number of hydrogen-bond donors (Lipinski definition) is 0. The molecule has 3 aromatic rings. The number of allylic oxidation sites excluding steroid dienone is 1. The Labute approximate surface area is 250 Å². The Bertz CT molecular complexity index is 1530. The van der Waals surface area contributed by atoms with Crippen molar-refractivity contribution in [3.8, 4) is 28.4 Å². The second kappa shape index (κ2) is 13.7. The number of aliphatic imine (C=N–C) groups is 1. The van der Waals surface area contributed by atoms with Crippen LogP contribution >= 0.6 is 0 Å². The number of esters is 2. The summed E-state index contributed by atoms with van der Waals surface area (Å²) in [5.41, 5.74) is 3.93. The van der Waals surface area contributed by atoms with Crippen molar-refractivity contribution in [3.63, 3.8) is 0 Å². The van der Waals surface area contributed by atoms with Gasteiger partial charge < -0.3 is 28.4 Å². The number of para-hydroxylation sites is 1. The lowest BCUT2D eigenvalue weighted by molar-refractivity contribution is -0.148. The molecule has 0 saturated carbocycles. The third-order valence-electron chi connectivity index (χ3n) is 7.27. The minimum Gasteiger partial charge on any atom is -0.486 e. The number of methoxy groups -OCH3 is 2. The summed E-state index contributed by atoms with van der Waals surface area (Å²) in [4.78, 5) is 32.0. The molecule has 0 radical (unpaired) electrons. The molecule has 11 heteroatoms. The number of carbonyl (C=O) groups is 2. The molecule has 0 aliphatic carbocycles. The lowest BCUT2D eigenvalue weighted by Gasteiger charge is -2.31. The van der Waals surface area contributed by atoms with E-state index in [1.807, 2.05) is 54.7 Å². The quantitative estimate of drug-likeness (QED) is 0.240. The molecule has 2 aliphatic heterocycles. The van der Waals surface area contributed by atoms with Crippen LogP contribution in [0.3, 0.4) is 0 Å². The van der Waals surface area contributed by atoms with Gasteiger partial charge in [0.25, 0.3) is 0 Å². The molecular formula is C32H35N3O8. The summed E-state index contributed by atoms with van der Waals surface area (Å²) in [6, 6.07) is 15.2. The van der Waals surface area contributed by atoms with Crippen LogP contribution in [0, 0.1) is 5.92 Å². The first kappa shape index (κ1) is 30.0. The van der Waals surface area contributed by atoms with E-state index in [0.717, 1.165) is 11.3 Å². The first-order valence-corrected chi connectivity index (χ1v) is 14.1. The Morgan fingerprint density at radius 3 is 2.33 bits per heavy atom. The minimum absolute atomic E-state index is 0.0444. The van der Waals surface area contributed by atoms with Crippen LogP contribution in [0.4, 0.5) is 0 Å². The van der Waals surface area contributed by atoms with Crippen LogP contribution in [0.1, 0.15) is 25.3 Å². The number of aromatic nitrogens is 2. The van der Waals surface area contributed by atoms with Gasteiger partial charge in [0.1, 0.15) is 32.3 Å². The number of nitrogens with zero attached hydrogens (tertiary/aromatic N) is 3.